The van der Waals surface area contributed by atoms with Crippen LogP contribution in [0.1, 0.15) is 44.7 Å². The lowest BCUT2D eigenvalue weighted by atomic mass is 10.0. The zero-order chi connectivity index (χ0) is 33.5. The van der Waals surface area contributed by atoms with Crippen molar-refractivity contribution in [2.75, 3.05) is 25.5 Å². The summed E-state index contributed by atoms with van der Waals surface area (Å²) in [5.41, 5.74) is 6.09. The second-order valence-corrected chi connectivity index (χ2v) is 12.7. The Morgan fingerprint density at radius 2 is 1.38 bits per heavy atom. The first-order valence-corrected chi connectivity index (χ1v) is 16.7. The van der Waals surface area contributed by atoms with E-state index in [1.807, 2.05) is 121 Å². The molecule has 0 unspecified atom stereocenters. The Morgan fingerprint density at radius 3 is 2.02 bits per heavy atom. The lowest BCUT2D eigenvalue weighted by Crippen LogP contribution is -2.41. The van der Waals surface area contributed by atoms with Gasteiger partial charge in [0.25, 0.3) is 11.8 Å². The number of nitrogens with zero attached hydrogens (tertiary/aromatic N) is 1. The Labute approximate surface area is 289 Å². The van der Waals surface area contributed by atoms with Crippen LogP contribution in [0.15, 0.2) is 120 Å². The van der Waals surface area contributed by atoms with Crippen LogP contribution in [0.25, 0.3) is 11.1 Å². The van der Waals surface area contributed by atoms with E-state index in [2.05, 4.69) is 21.2 Å². The van der Waals surface area contributed by atoms with E-state index in [-0.39, 0.29) is 17.9 Å². The van der Waals surface area contributed by atoms with Crippen LogP contribution in [0.4, 0.5) is 5.69 Å². The number of carbonyl (C=O) groups is 2. The highest BCUT2D eigenvalue weighted by molar-refractivity contribution is 9.10. The van der Waals surface area contributed by atoms with Crippen molar-refractivity contribution in [3.05, 3.63) is 142 Å². The van der Waals surface area contributed by atoms with Crippen LogP contribution >= 0.6 is 15.9 Å². The van der Waals surface area contributed by atoms with Crippen molar-refractivity contribution in [2.24, 2.45) is 0 Å². The number of anilines is 1. The van der Waals surface area contributed by atoms with Gasteiger partial charge in [0, 0.05) is 41.5 Å². The fraction of sp³-hybridized carbons (Fsp3) is 0.200. The topological polar surface area (TPSA) is 77.1 Å². The lowest BCUT2D eigenvalue weighted by Gasteiger charge is -2.32. The minimum Gasteiger partial charge on any atom is -0.495 e. The molecule has 1 N–H and O–H groups in total. The van der Waals surface area contributed by atoms with Crippen molar-refractivity contribution < 1.29 is 23.8 Å². The van der Waals surface area contributed by atoms with Crippen molar-refractivity contribution >= 4 is 33.4 Å². The maximum absolute atomic E-state index is 12.8. The summed E-state index contributed by atoms with van der Waals surface area (Å²) in [4.78, 5) is 27.6. The molecule has 1 heterocycles. The summed E-state index contributed by atoms with van der Waals surface area (Å²) in [5.74, 6) is 2.05. The fourth-order valence-corrected chi connectivity index (χ4v) is 5.97. The third-order valence-corrected chi connectivity index (χ3v) is 8.90. The number of benzene rings is 5. The summed E-state index contributed by atoms with van der Waals surface area (Å²) in [5, 5.41) is 2.92. The highest BCUT2D eigenvalue weighted by Gasteiger charge is 2.24. The minimum atomic E-state index is -0.214. The zero-order valence-electron chi connectivity index (χ0n) is 26.9. The number of likely N-dealkylation sites (tertiary alicyclic amines) is 1. The normalized spacial score (nSPS) is 13.1. The number of methoxy groups -OCH3 is 1. The van der Waals surface area contributed by atoms with E-state index in [9.17, 15) is 9.59 Å². The number of aryl methyl sites for hydroxylation is 1. The second-order valence-electron chi connectivity index (χ2n) is 11.8. The maximum atomic E-state index is 12.8. The molecule has 1 fully saturated rings. The van der Waals surface area contributed by atoms with Crippen LogP contribution in [0.3, 0.4) is 0 Å². The molecule has 5 aromatic rings. The van der Waals surface area contributed by atoms with E-state index in [0.717, 1.165) is 56.6 Å². The fourth-order valence-electron chi connectivity index (χ4n) is 5.61. The molecule has 8 heteroatoms. The molecule has 0 saturated carbocycles. The molecule has 0 spiro atoms. The lowest BCUT2D eigenvalue weighted by molar-refractivity contribution is 0.0595. The van der Waals surface area contributed by atoms with Crippen LogP contribution in [-0.2, 0) is 6.61 Å². The van der Waals surface area contributed by atoms with Crippen molar-refractivity contribution in [3.8, 4) is 28.4 Å². The SMILES string of the molecule is COc1ccc(Br)cc1NC(=O)c1ccc(-c2ccc(OCc3ccc(OC4CCN(C(=O)c5ccc(C)cc5)CC4)cc3)cc2)cc1. The van der Waals surface area contributed by atoms with Gasteiger partial charge in [-0.2, -0.15) is 0 Å². The summed E-state index contributed by atoms with van der Waals surface area (Å²) < 4.78 is 18.5. The molecule has 5 aromatic carbocycles. The smallest absolute Gasteiger partial charge is 0.255 e. The quantitative estimate of drug-likeness (QED) is 0.157. The van der Waals surface area contributed by atoms with Gasteiger partial charge in [-0.05, 0) is 90.3 Å². The van der Waals surface area contributed by atoms with Crippen molar-refractivity contribution in [1.82, 2.24) is 4.90 Å². The van der Waals surface area contributed by atoms with Crippen molar-refractivity contribution in [2.45, 2.75) is 32.5 Å². The molecule has 0 atom stereocenters. The molecule has 0 radical (unpaired) electrons. The largest absolute Gasteiger partial charge is 0.495 e. The summed E-state index contributed by atoms with van der Waals surface area (Å²) >= 11 is 3.43. The molecule has 1 aliphatic heterocycles. The monoisotopic (exact) mass is 704 g/mol. The Bertz CT molecular complexity index is 1850. The summed E-state index contributed by atoms with van der Waals surface area (Å²) in [7, 11) is 1.57. The summed E-state index contributed by atoms with van der Waals surface area (Å²) in [6.45, 7) is 3.83. The predicted octanol–water partition coefficient (Wildman–Crippen LogP) is 8.95. The Kier molecular flexibility index (Phi) is 10.4. The summed E-state index contributed by atoms with van der Waals surface area (Å²) in [6, 6.07) is 36.6. The van der Waals surface area contributed by atoms with E-state index in [1.54, 1.807) is 13.2 Å². The number of ether oxygens (including phenoxy) is 3. The highest BCUT2D eigenvalue weighted by atomic mass is 79.9. The number of rotatable bonds is 10. The highest BCUT2D eigenvalue weighted by Crippen LogP contribution is 2.29. The van der Waals surface area contributed by atoms with Gasteiger partial charge in [0.15, 0.2) is 0 Å². The number of halogens is 1. The van der Waals surface area contributed by atoms with Gasteiger partial charge in [-0.3, -0.25) is 9.59 Å². The minimum absolute atomic E-state index is 0.0853. The molecule has 0 bridgehead atoms. The van der Waals surface area contributed by atoms with Gasteiger partial charge in [0.2, 0.25) is 0 Å². The molecule has 1 aliphatic rings. The van der Waals surface area contributed by atoms with E-state index < -0.39 is 0 Å². The van der Waals surface area contributed by atoms with Gasteiger partial charge in [-0.1, -0.05) is 70.0 Å². The maximum Gasteiger partial charge on any atom is 0.255 e. The van der Waals surface area contributed by atoms with Crippen LogP contribution in [0.2, 0.25) is 0 Å². The number of piperidine rings is 1. The first kappa shape index (κ1) is 32.8. The van der Waals surface area contributed by atoms with Crippen LogP contribution in [0, 0.1) is 6.92 Å². The van der Waals surface area contributed by atoms with Crippen molar-refractivity contribution in [3.63, 3.8) is 0 Å². The third kappa shape index (κ3) is 8.25. The third-order valence-electron chi connectivity index (χ3n) is 8.40. The first-order valence-electron chi connectivity index (χ1n) is 15.9. The zero-order valence-corrected chi connectivity index (χ0v) is 28.5. The number of hydrogen-bond donors (Lipinski definition) is 1. The van der Waals surface area contributed by atoms with Crippen LogP contribution in [0.5, 0.6) is 17.2 Å². The molecule has 2 amide bonds. The molecule has 7 nitrogen and oxygen atoms in total. The van der Waals surface area contributed by atoms with Crippen molar-refractivity contribution in [1.29, 1.82) is 0 Å². The average molecular weight is 706 g/mol. The molecular formula is C40H37BrN2O5. The predicted molar refractivity (Wildman–Crippen MR) is 192 cm³/mol. The van der Waals surface area contributed by atoms with E-state index in [0.29, 0.717) is 36.7 Å². The van der Waals surface area contributed by atoms with Gasteiger partial charge >= 0.3 is 0 Å². The van der Waals surface area contributed by atoms with Crippen LogP contribution < -0.4 is 19.5 Å². The first-order chi connectivity index (χ1) is 23.3. The Balaban J connectivity index is 0.958. The number of nitrogens with one attached hydrogen (secondary N) is 1. The molecule has 0 aromatic heterocycles. The molecule has 48 heavy (non-hydrogen) atoms. The van der Waals surface area contributed by atoms with E-state index >= 15 is 0 Å². The number of hydrogen-bond acceptors (Lipinski definition) is 5. The number of amides is 2. The molecule has 0 aliphatic carbocycles. The number of carbonyl (C=O) groups excluding carboxylic acids is 2. The van der Waals surface area contributed by atoms with Gasteiger partial charge in [0.05, 0.1) is 12.8 Å². The Hall–Kier alpha value is -5.08. The van der Waals surface area contributed by atoms with Gasteiger partial charge < -0.3 is 24.4 Å². The summed E-state index contributed by atoms with van der Waals surface area (Å²) in [6.07, 6.45) is 1.70. The standard InChI is InChI=1S/C40H37BrN2O5/c1-27-3-7-32(8-4-27)40(45)43-23-21-36(22-24-43)48-35-16-5-28(6-17-35)26-47-34-18-13-30(14-19-34)29-9-11-31(12-10-29)39(44)42-37-25-33(41)15-20-38(37)46-2/h3-20,25,36H,21-24,26H2,1-2H3,(H,42,44). The molecule has 6 rings (SSSR count). The molecule has 1 saturated heterocycles. The van der Waals surface area contributed by atoms with Gasteiger partial charge in [-0.25, -0.2) is 0 Å². The van der Waals surface area contributed by atoms with E-state index in [1.165, 1.54) is 0 Å². The van der Waals surface area contributed by atoms with E-state index in [4.69, 9.17) is 14.2 Å². The second kappa shape index (κ2) is 15.2. The average Bonchev–Trinajstić information content (AvgIpc) is 3.12. The molecular weight excluding hydrogens is 668 g/mol. The van der Waals surface area contributed by atoms with Gasteiger partial charge in [-0.15, -0.1) is 0 Å². The van der Waals surface area contributed by atoms with Gasteiger partial charge in [0.1, 0.15) is 30.0 Å². The molecule has 244 valence electrons. The Morgan fingerprint density at radius 1 is 0.771 bits per heavy atom. The van der Waals surface area contributed by atoms with Crippen LogP contribution in [-0.4, -0.2) is 43.0 Å².